The first-order valence-electron chi connectivity index (χ1n) is 4.05. The molecule has 0 saturated carbocycles. The van der Waals surface area contributed by atoms with E-state index in [1.807, 2.05) is 13.0 Å². The molecule has 0 fully saturated rings. The van der Waals surface area contributed by atoms with Gasteiger partial charge in [-0.1, -0.05) is 0 Å². The van der Waals surface area contributed by atoms with Gasteiger partial charge < -0.3 is 4.98 Å². The van der Waals surface area contributed by atoms with Gasteiger partial charge in [0.2, 0.25) is 0 Å². The number of aromatic nitrogens is 3. The zero-order chi connectivity index (χ0) is 9.97. The molecule has 0 amide bonds. The Morgan fingerprint density at radius 1 is 1.43 bits per heavy atom. The van der Waals surface area contributed by atoms with E-state index in [-0.39, 0.29) is 0 Å². The molecule has 0 spiro atoms. The van der Waals surface area contributed by atoms with E-state index in [1.54, 1.807) is 18.6 Å². The molecule has 0 saturated heterocycles. The lowest BCUT2D eigenvalue weighted by Crippen LogP contribution is -1.84. The van der Waals surface area contributed by atoms with E-state index >= 15 is 0 Å². The molecule has 14 heavy (non-hydrogen) atoms. The average Bonchev–Trinajstić information content (AvgIpc) is 2.64. The lowest BCUT2D eigenvalue weighted by atomic mass is 10.3. The largest absolute Gasteiger partial charge is 0.339 e. The van der Waals surface area contributed by atoms with Crippen LogP contribution in [0.5, 0.6) is 0 Å². The van der Waals surface area contributed by atoms with E-state index in [0.29, 0.717) is 0 Å². The lowest BCUT2D eigenvalue weighted by Gasteiger charge is -2.00. The third kappa shape index (κ3) is 2.16. The summed E-state index contributed by atoms with van der Waals surface area (Å²) in [6, 6.07) is 2.03. The smallest absolute Gasteiger partial charge is 0.171 e. The highest BCUT2D eigenvalue weighted by atomic mass is 79.9. The number of imidazole rings is 1. The first-order valence-corrected chi connectivity index (χ1v) is 5.66. The topological polar surface area (TPSA) is 41.6 Å². The van der Waals surface area contributed by atoms with Crippen LogP contribution in [-0.2, 0) is 0 Å². The SMILES string of the molecule is Cc1cc(Sc2ncc[nH]2)ncc1Br. The second-order valence-electron chi connectivity index (χ2n) is 2.77. The van der Waals surface area contributed by atoms with Gasteiger partial charge in [0.15, 0.2) is 5.16 Å². The summed E-state index contributed by atoms with van der Waals surface area (Å²) >= 11 is 4.93. The molecule has 3 nitrogen and oxygen atoms in total. The second kappa shape index (κ2) is 4.14. The summed E-state index contributed by atoms with van der Waals surface area (Å²) in [7, 11) is 0. The van der Waals surface area contributed by atoms with Crippen molar-refractivity contribution in [1.82, 2.24) is 15.0 Å². The third-order valence-corrected chi connectivity index (χ3v) is 3.38. The van der Waals surface area contributed by atoms with E-state index in [0.717, 1.165) is 14.7 Å². The van der Waals surface area contributed by atoms with Crippen LogP contribution in [0.2, 0.25) is 0 Å². The Balaban J connectivity index is 2.22. The molecular weight excluding hydrogens is 262 g/mol. The van der Waals surface area contributed by atoms with Crippen LogP contribution in [-0.4, -0.2) is 15.0 Å². The van der Waals surface area contributed by atoms with Crippen molar-refractivity contribution in [2.24, 2.45) is 0 Å². The molecule has 0 aliphatic carbocycles. The molecule has 0 radical (unpaired) electrons. The zero-order valence-electron chi connectivity index (χ0n) is 7.49. The van der Waals surface area contributed by atoms with Crippen LogP contribution in [0, 0.1) is 6.92 Å². The normalized spacial score (nSPS) is 10.4. The number of hydrogen-bond donors (Lipinski definition) is 1. The minimum atomic E-state index is 0.860. The zero-order valence-corrected chi connectivity index (χ0v) is 9.89. The first kappa shape index (κ1) is 9.73. The van der Waals surface area contributed by atoms with Crippen LogP contribution in [0.1, 0.15) is 5.56 Å². The molecule has 5 heteroatoms. The summed E-state index contributed by atoms with van der Waals surface area (Å²) in [5.74, 6) is 0. The fourth-order valence-corrected chi connectivity index (χ4v) is 1.97. The number of halogens is 1. The van der Waals surface area contributed by atoms with Gasteiger partial charge in [0.1, 0.15) is 5.03 Å². The molecule has 2 aromatic heterocycles. The van der Waals surface area contributed by atoms with Crippen molar-refractivity contribution in [1.29, 1.82) is 0 Å². The standard InChI is InChI=1S/C9H8BrN3S/c1-6-4-8(13-5-7(6)10)14-9-11-2-3-12-9/h2-5H,1H3,(H,11,12). The van der Waals surface area contributed by atoms with Crippen LogP contribution in [0.4, 0.5) is 0 Å². The van der Waals surface area contributed by atoms with Gasteiger partial charge in [0, 0.05) is 23.1 Å². The van der Waals surface area contributed by atoms with Crippen molar-refractivity contribution < 1.29 is 0 Å². The molecule has 72 valence electrons. The molecule has 1 N–H and O–H groups in total. The second-order valence-corrected chi connectivity index (χ2v) is 4.63. The van der Waals surface area contributed by atoms with Gasteiger partial charge in [-0.3, -0.25) is 0 Å². The highest BCUT2D eigenvalue weighted by Gasteiger charge is 2.02. The molecule has 2 rings (SSSR count). The van der Waals surface area contributed by atoms with E-state index in [9.17, 15) is 0 Å². The molecule has 0 aromatic carbocycles. The van der Waals surface area contributed by atoms with E-state index in [4.69, 9.17) is 0 Å². The predicted octanol–water partition coefficient (Wildman–Crippen LogP) is 3.03. The maximum Gasteiger partial charge on any atom is 0.171 e. The van der Waals surface area contributed by atoms with Crippen molar-refractivity contribution in [3.63, 3.8) is 0 Å². The van der Waals surface area contributed by atoms with Crippen LogP contribution in [0.15, 0.2) is 39.3 Å². The molecule has 0 aliphatic heterocycles. The molecule has 0 aliphatic rings. The third-order valence-electron chi connectivity index (χ3n) is 1.70. The number of nitrogens with one attached hydrogen (secondary N) is 1. The van der Waals surface area contributed by atoms with Gasteiger partial charge in [0.25, 0.3) is 0 Å². The molecule has 2 heterocycles. The van der Waals surface area contributed by atoms with Crippen molar-refractivity contribution in [3.05, 3.63) is 34.7 Å². The number of rotatable bonds is 2. The fraction of sp³-hybridized carbons (Fsp3) is 0.111. The number of pyridine rings is 1. The number of aryl methyl sites for hydroxylation is 1. The summed E-state index contributed by atoms with van der Waals surface area (Å²) in [5, 5.41) is 1.81. The summed E-state index contributed by atoms with van der Waals surface area (Å²) in [5.41, 5.74) is 1.18. The maximum atomic E-state index is 4.27. The summed E-state index contributed by atoms with van der Waals surface area (Å²) in [6.45, 7) is 2.04. The maximum absolute atomic E-state index is 4.27. The van der Waals surface area contributed by atoms with Gasteiger partial charge in [-0.25, -0.2) is 9.97 Å². The van der Waals surface area contributed by atoms with Crippen molar-refractivity contribution >= 4 is 27.7 Å². The van der Waals surface area contributed by atoms with Gasteiger partial charge in [0.05, 0.1) is 0 Å². The fourth-order valence-electron chi connectivity index (χ4n) is 0.975. The Morgan fingerprint density at radius 3 is 2.93 bits per heavy atom. The molecular formula is C9H8BrN3S. The van der Waals surface area contributed by atoms with Crippen LogP contribution < -0.4 is 0 Å². The number of hydrogen-bond acceptors (Lipinski definition) is 3. The summed E-state index contributed by atoms with van der Waals surface area (Å²) in [6.07, 6.45) is 5.34. The van der Waals surface area contributed by atoms with Crippen molar-refractivity contribution in [2.75, 3.05) is 0 Å². The quantitative estimate of drug-likeness (QED) is 0.912. The highest BCUT2D eigenvalue weighted by Crippen LogP contribution is 2.25. The van der Waals surface area contributed by atoms with Gasteiger partial charge in [-0.2, -0.15) is 0 Å². The first-order chi connectivity index (χ1) is 6.75. The number of nitrogens with zero attached hydrogens (tertiary/aromatic N) is 2. The van der Waals surface area contributed by atoms with Gasteiger partial charge in [-0.05, 0) is 46.2 Å². The summed E-state index contributed by atoms with van der Waals surface area (Å²) < 4.78 is 1.03. The van der Waals surface area contributed by atoms with E-state index < -0.39 is 0 Å². The molecule has 2 aromatic rings. The predicted molar refractivity (Wildman–Crippen MR) is 59.4 cm³/mol. The van der Waals surface area contributed by atoms with Crippen LogP contribution >= 0.6 is 27.7 Å². The Morgan fingerprint density at radius 2 is 2.29 bits per heavy atom. The van der Waals surface area contributed by atoms with E-state index in [1.165, 1.54) is 17.3 Å². The summed E-state index contributed by atoms with van der Waals surface area (Å²) in [4.78, 5) is 11.4. The number of H-pyrrole nitrogens is 1. The minimum Gasteiger partial charge on any atom is -0.339 e. The average molecular weight is 270 g/mol. The van der Waals surface area contributed by atoms with Gasteiger partial charge in [-0.15, -0.1) is 0 Å². The minimum absolute atomic E-state index is 0.860. The highest BCUT2D eigenvalue weighted by molar-refractivity contribution is 9.10. The van der Waals surface area contributed by atoms with Crippen LogP contribution in [0.3, 0.4) is 0 Å². The molecule has 0 atom stereocenters. The number of aromatic amines is 1. The van der Waals surface area contributed by atoms with Crippen molar-refractivity contribution in [3.8, 4) is 0 Å². The lowest BCUT2D eigenvalue weighted by molar-refractivity contribution is 1.03. The Hall–Kier alpha value is -0.810. The van der Waals surface area contributed by atoms with Gasteiger partial charge >= 0.3 is 0 Å². The molecule has 0 unspecified atom stereocenters. The van der Waals surface area contributed by atoms with Crippen molar-refractivity contribution in [2.45, 2.75) is 17.1 Å². The Bertz CT molecular complexity index is 428. The van der Waals surface area contributed by atoms with Crippen LogP contribution in [0.25, 0.3) is 0 Å². The molecule has 0 bridgehead atoms. The Labute approximate surface area is 94.5 Å². The van der Waals surface area contributed by atoms with E-state index in [2.05, 4.69) is 30.9 Å². The Kier molecular flexibility index (Phi) is 2.88. The monoisotopic (exact) mass is 269 g/mol.